The van der Waals surface area contributed by atoms with E-state index in [0.29, 0.717) is 12.4 Å². The van der Waals surface area contributed by atoms with Crippen molar-refractivity contribution in [3.8, 4) is 29.5 Å². The number of rotatable bonds is 5. The summed E-state index contributed by atoms with van der Waals surface area (Å²) >= 11 is 0. The molecule has 0 aliphatic heterocycles. The number of nitrogens with zero attached hydrogens (tertiary/aromatic N) is 5. The van der Waals surface area contributed by atoms with Crippen molar-refractivity contribution in [1.82, 2.24) is 19.3 Å². The van der Waals surface area contributed by atoms with Crippen molar-refractivity contribution in [1.29, 1.82) is 10.5 Å². The lowest BCUT2D eigenvalue weighted by atomic mass is 10.1. The van der Waals surface area contributed by atoms with Crippen molar-refractivity contribution in [2.45, 2.75) is 31.0 Å². The van der Waals surface area contributed by atoms with Gasteiger partial charge in [-0.3, -0.25) is 9.55 Å². The van der Waals surface area contributed by atoms with Gasteiger partial charge in [0.25, 0.3) is 0 Å². The molecule has 0 fully saturated rings. The summed E-state index contributed by atoms with van der Waals surface area (Å²) in [4.78, 5) is 7.54. The number of aromatic nitrogens is 3. The molecule has 36 heavy (non-hydrogen) atoms. The highest BCUT2D eigenvalue weighted by atomic mass is 32.2. The van der Waals surface area contributed by atoms with Crippen molar-refractivity contribution in [3.63, 3.8) is 0 Å². The van der Waals surface area contributed by atoms with Crippen molar-refractivity contribution in [3.05, 3.63) is 59.4 Å². The molecule has 4 aromatic rings. The molecule has 4 rings (SSSR count). The molecule has 1 aromatic carbocycles. The number of halogens is 4. The van der Waals surface area contributed by atoms with Gasteiger partial charge in [-0.05, 0) is 43.7 Å². The van der Waals surface area contributed by atoms with Crippen LogP contribution in [0.4, 0.5) is 17.6 Å². The number of sulfonamides is 1. The summed E-state index contributed by atoms with van der Waals surface area (Å²) in [7, 11) is -4.58. The van der Waals surface area contributed by atoms with Gasteiger partial charge in [-0.1, -0.05) is 0 Å². The van der Waals surface area contributed by atoms with Crippen LogP contribution in [0.2, 0.25) is 0 Å². The smallest absolute Gasteiger partial charge is 0.404 e. The van der Waals surface area contributed by atoms with Crippen LogP contribution < -0.4 is 4.72 Å². The molecule has 1 atom stereocenters. The van der Waals surface area contributed by atoms with E-state index in [9.17, 15) is 31.2 Å². The Bertz CT molecular complexity index is 1680. The standard InChI is InChI=1S/C22H14F4N6O3S/c1-11-5-19-15(6-17(11)23)16(8-28)20(32(19)21-30-13(7-27)10-35-21)18-4-3-14(9-29-18)36(33,34)31-12(2)22(24,25)26/h3-6,9-10,12,31H,1-2H3. The van der Waals surface area contributed by atoms with Gasteiger partial charge >= 0.3 is 12.2 Å². The molecule has 0 aliphatic rings. The van der Waals surface area contributed by atoms with Gasteiger partial charge < -0.3 is 4.42 Å². The molecule has 184 valence electrons. The molecule has 3 heterocycles. The average Bonchev–Trinajstić information content (AvgIpc) is 3.40. The van der Waals surface area contributed by atoms with Crippen LogP contribution in [-0.2, 0) is 10.0 Å². The van der Waals surface area contributed by atoms with Gasteiger partial charge in [-0.15, -0.1) is 0 Å². The number of benzene rings is 1. The SMILES string of the molecule is Cc1cc2c(cc1F)c(C#N)c(-c1ccc(S(=O)(=O)NC(C)C(F)(F)F)cn1)n2-c1nc(C#N)co1. The second kappa shape index (κ2) is 8.75. The first kappa shape index (κ1) is 24.8. The van der Waals surface area contributed by atoms with E-state index in [1.165, 1.54) is 28.3 Å². The van der Waals surface area contributed by atoms with E-state index >= 15 is 0 Å². The Morgan fingerprint density at radius 3 is 2.47 bits per heavy atom. The maximum Gasteiger partial charge on any atom is 0.404 e. The van der Waals surface area contributed by atoms with Gasteiger partial charge in [0.2, 0.25) is 10.0 Å². The first-order chi connectivity index (χ1) is 16.9. The summed E-state index contributed by atoms with van der Waals surface area (Å²) in [5, 5.41) is 19.2. The number of hydrogen-bond donors (Lipinski definition) is 1. The Labute approximate surface area is 201 Å². The topological polar surface area (TPSA) is 138 Å². The number of hydrogen-bond acceptors (Lipinski definition) is 7. The molecular weight excluding hydrogens is 504 g/mol. The normalized spacial score (nSPS) is 12.9. The fourth-order valence-corrected chi connectivity index (χ4v) is 4.60. The summed E-state index contributed by atoms with van der Waals surface area (Å²) < 4.78 is 85.8. The van der Waals surface area contributed by atoms with Gasteiger partial charge in [-0.2, -0.15) is 33.4 Å². The van der Waals surface area contributed by atoms with E-state index in [4.69, 9.17) is 9.68 Å². The van der Waals surface area contributed by atoms with Crippen molar-refractivity contribution >= 4 is 20.9 Å². The molecule has 0 aliphatic carbocycles. The van der Waals surface area contributed by atoms with E-state index in [-0.39, 0.29) is 39.6 Å². The molecule has 0 amide bonds. The first-order valence-electron chi connectivity index (χ1n) is 10.0. The van der Waals surface area contributed by atoms with Gasteiger partial charge in [0.1, 0.15) is 35.2 Å². The zero-order chi connectivity index (χ0) is 26.4. The number of aryl methyl sites for hydroxylation is 1. The zero-order valence-corrected chi connectivity index (χ0v) is 19.2. The van der Waals surface area contributed by atoms with Crippen LogP contribution in [0.5, 0.6) is 0 Å². The summed E-state index contributed by atoms with van der Waals surface area (Å²) in [6.45, 7) is 2.16. The third kappa shape index (κ3) is 4.28. The summed E-state index contributed by atoms with van der Waals surface area (Å²) in [5.74, 6) is -0.591. The van der Waals surface area contributed by atoms with Gasteiger partial charge in [0.05, 0.1) is 22.5 Å². The quantitative estimate of drug-likeness (QED) is 0.393. The van der Waals surface area contributed by atoms with E-state index in [1.54, 1.807) is 6.07 Å². The Hall–Kier alpha value is -4.27. The molecule has 0 saturated heterocycles. The maximum absolute atomic E-state index is 14.4. The highest BCUT2D eigenvalue weighted by Crippen LogP contribution is 2.36. The predicted octanol–water partition coefficient (Wildman–Crippen LogP) is 4.10. The molecule has 3 aromatic heterocycles. The highest BCUT2D eigenvalue weighted by molar-refractivity contribution is 7.89. The van der Waals surface area contributed by atoms with Crippen LogP contribution in [0.1, 0.15) is 23.7 Å². The fourth-order valence-electron chi connectivity index (χ4n) is 3.43. The third-order valence-electron chi connectivity index (χ3n) is 5.27. The molecule has 0 radical (unpaired) electrons. The minimum Gasteiger partial charge on any atom is -0.430 e. The summed E-state index contributed by atoms with van der Waals surface area (Å²) in [6.07, 6.45) is -2.90. The van der Waals surface area contributed by atoms with Crippen LogP contribution >= 0.6 is 0 Å². The van der Waals surface area contributed by atoms with Crippen molar-refractivity contribution < 1.29 is 30.4 Å². The van der Waals surface area contributed by atoms with Gasteiger partial charge in [0, 0.05) is 11.6 Å². The van der Waals surface area contributed by atoms with E-state index in [2.05, 4.69) is 9.97 Å². The number of fused-ring (bicyclic) bond motifs is 1. The Balaban J connectivity index is 1.91. The maximum atomic E-state index is 14.4. The van der Waals surface area contributed by atoms with Crippen LogP contribution in [-0.4, -0.2) is 35.2 Å². The molecule has 1 N–H and O–H groups in total. The van der Waals surface area contributed by atoms with Crippen molar-refractivity contribution in [2.24, 2.45) is 0 Å². The van der Waals surface area contributed by atoms with Gasteiger partial charge in [0.15, 0.2) is 5.69 Å². The van der Waals surface area contributed by atoms with Gasteiger partial charge in [-0.25, -0.2) is 12.8 Å². The summed E-state index contributed by atoms with van der Waals surface area (Å²) in [5.41, 5.74) is 0.473. The minimum atomic E-state index is -4.80. The van der Waals surface area contributed by atoms with Crippen LogP contribution in [0.3, 0.4) is 0 Å². The fraction of sp³-hybridized carbons (Fsp3) is 0.182. The second-order valence-electron chi connectivity index (χ2n) is 7.68. The lowest BCUT2D eigenvalue weighted by Gasteiger charge is -2.17. The van der Waals surface area contributed by atoms with Crippen molar-refractivity contribution in [2.75, 3.05) is 0 Å². The van der Waals surface area contributed by atoms with E-state index in [1.807, 2.05) is 6.07 Å². The zero-order valence-electron chi connectivity index (χ0n) is 18.4. The van der Waals surface area contributed by atoms with Crippen LogP contribution in [0, 0.1) is 35.4 Å². The average molecular weight is 518 g/mol. The molecular formula is C22H14F4N6O3S. The largest absolute Gasteiger partial charge is 0.430 e. The Morgan fingerprint density at radius 2 is 1.92 bits per heavy atom. The highest BCUT2D eigenvalue weighted by Gasteiger charge is 2.39. The Morgan fingerprint density at radius 1 is 1.19 bits per heavy atom. The molecule has 0 saturated carbocycles. The van der Waals surface area contributed by atoms with E-state index < -0.39 is 33.0 Å². The predicted molar refractivity (Wildman–Crippen MR) is 117 cm³/mol. The molecule has 0 bridgehead atoms. The molecule has 1 unspecified atom stereocenters. The lowest BCUT2D eigenvalue weighted by Crippen LogP contribution is -2.42. The lowest BCUT2D eigenvalue weighted by molar-refractivity contribution is -0.147. The number of pyridine rings is 1. The van der Waals surface area contributed by atoms with Crippen LogP contribution in [0.25, 0.3) is 28.3 Å². The first-order valence-corrected chi connectivity index (χ1v) is 11.5. The second-order valence-corrected chi connectivity index (χ2v) is 9.39. The monoisotopic (exact) mass is 518 g/mol. The number of alkyl halides is 3. The number of nitrogens with one attached hydrogen (secondary N) is 1. The number of oxazole rings is 1. The Kier molecular flexibility index (Phi) is 6.03. The minimum absolute atomic E-state index is 0.0142. The molecule has 9 nitrogen and oxygen atoms in total. The molecule has 14 heteroatoms. The molecule has 0 spiro atoms. The third-order valence-corrected chi connectivity index (χ3v) is 6.80. The summed E-state index contributed by atoms with van der Waals surface area (Å²) in [6, 6.07) is 6.05. The van der Waals surface area contributed by atoms with E-state index in [0.717, 1.165) is 24.6 Å². The van der Waals surface area contributed by atoms with Crippen LogP contribution in [0.15, 0.2) is 46.0 Å². The number of nitriles is 2.